The molecule has 0 amide bonds. The van der Waals surface area contributed by atoms with Gasteiger partial charge in [0.25, 0.3) is 0 Å². The molecule has 0 fully saturated rings. The van der Waals surface area contributed by atoms with Gasteiger partial charge in [0, 0.05) is 36.2 Å². The molecule has 0 radical (unpaired) electrons. The van der Waals surface area contributed by atoms with Crippen molar-refractivity contribution in [2.75, 3.05) is 18.1 Å². The van der Waals surface area contributed by atoms with E-state index in [2.05, 4.69) is 13.8 Å². The molecular weight excluding hydrogens is 643 g/mol. The number of carbonyl (C=O) groups excluding carboxylic acids is 3. The van der Waals surface area contributed by atoms with Crippen LogP contribution in [0.4, 0.5) is 0 Å². The zero-order valence-corrected chi connectivity index (χ0v) is 34.6. The third kappa shape index (κ3) is 32.8. The molecular formula is C43H83NO5S. The van der Waals surface area contributed by atoms with Gasteiger partial charge >= 0.3 is 11.9 Å². The summed E-state index contributed by atoms with van der Waals surface area (Å²) in [5.41, 5.74) is 5.68. The molecule has 0 aromatic carbocycles. The van der Waals surface area contributed by atoms with Gasteiger partial charge in [-0.1, -0.05) is 189 Å². The molecule has 6 nitrogen and oxygen atoms in total. The summed E-state index contributed by atoms with van der Waals surface area (Å²) in [6.45, 7) is 10.4. The van der Waals surface area contributed by atoms with Gasteiger partial charge in [-0.15, -0.1) is 0 Å². The Kier molecular flexibility index (Phi) is 34.2. The van der Waals surface area contributed by atoms with Crippen molar-refractivity contribution >= 4 is 29.5 Å². The first-order chi connectivity index (χ1) is 24.1. The Morgan fingerprint density at radius 1 is 0.540 bits per heavy atom. The second-order valence-corrected chi connectivity index (χ2v) is 16.9. The second-order valence-electron chi connectivity index (χ2n) is 15.9. The minimum absolute atomic E-state index is 0.0306. The van der Waals surface area contributed by atoms with Crippen LogP contribution in [0.25, 0.3) is 0 Å². The van der Waals surface area contributed by atoms with Crippen LogP contribution in [0.5, 0.6) is 0 Å². The van der Waals surface area contributed by atoms with Crippen molar-refractivity contribution in [1.29, 1.82) is 0 Å². The third-order valence-electron chi connectivity index (χ3n) is 9.65. The molecule has 7 heteroatoms. The van der Waals surface area contributed by atoms with Crippen molar-refractivity contribution in [2.24, 2.45) is 11.1 Å². The molecule has 0 aliphatic carbocycles. The van der Waals surface area contributed by atoms with Crippen molar-refractivity contribution in [3.05, 3.63) is 0 Å². The van der Waals surface area contributed by atoms with Crippen LogP contribution < -0.4 is 5.73 Å². The molecule has 0 saturated carbocycles. The summed E-state index contributed by atoms with van der Waals surface area (Å²) < 4.78 is 11.4. The zero-order valence-electron chi connectivity index (χ0n) is 33.8. The van der Waals surface area contributed by atoms with Crippen molar-refractivity contribution in [3.8, 4) is 0 Å². The molecule has 1 unspecified atom stereocenters. The van der Waals surface area contributed by atoms with Gasteiger partial charge in [-0.2, -0.15) is 11.8 Å². The average molecular weight is 726 g/mol. The molecule has 0 aliphatic heterocycles. The fraction of sp³-hybridized carbons (Fsp3) is 0.930. The lowest BCUT2D eigenvalue weighted by molar-refractivity contribution is -0.150. The fourth-order valence-corrected chi connectivity index (χ4v) is 7.37. The lowest BCUT2D eigenvalue weighted by Gasteiger charge is -2.22. The SMILES string of the molecule is CCCCCCCCCCCCCCCC(=O)OCCC(CSC[C@H](N)C(=O)C(C)(C)C)OC(=O)CCCCCCCCCCCCCCC. The summed E-state index contributed by atoms with van der Waals surface area (Å²) in [7, 11) is 0. The van der Waals surface area contributed by atoms with Crippen molar-refractivity contribution < 1.29 is 23.9 Å². The van der Waals surface area contributed by atoms with Gasteiger partial charge < -0.3 is 15.2 Å². The predicted molar refractivity (Wildman–Crippen MR) is 216 cm³/mol. The summed E-state index contributed by atoms with van der Waals surface area (Å²) in [4.78, 5) is 37.6. The number of ketones is 1. The first-order valence-electron chi connectivity index (χ1n) is 21.3. The third-order valence-corrected chi connectivity index (χ3v) is 10.8. The van der Waals surface area contributed by atoms with E-state index in [1.54, 1.807) is 0 Å². The van der Waals surface area contributed by atoms with Crippen LogP contribution in [-0.2, 0) is 23.9 Å². The molecule has 0 heterocycles. The van der Waals surface area contributed by atoms with Gasteiger partial charge in [0.2, 0.25) is 0 Å². The van der Waals surface area contributed by atoms with E-state index >= 15 is 0 Å². The Morgan fingerprint density at radius 3 is 1.28 bits per heavy atom. The van der Waals surface area contributed by atoms with E-state index < -0.39 is 11.5 Å². The number of hydrogen-bond acceptors (Lipinski definition) is 7. The average Bonchev–Trinajstić information content (AvgIpc) is 3.07. The number of thioether (sulfide) groups is 1. The molecule has 0 aromatic heterocycles. The predicted octanol–water partition coefficient (Wildman–Crippen LogP) is 12.5. The van der Waals surface area contributed by atoms with Gasteiger partial charge in [0.1, 0.15) is 6.10 Å². The normalized spacial score (nSPS) is 12.9. The second kappa shape index (κ2) is 35.0. The monoisotopic (exact) mass is 726 g/mol. The zero-order chi connectivity index (χ0) is 37.1. The number of carbonyl (C=O) groups is 3. The topological polar surface area (TPSA) is 95.7 Å². The van der Waals surface area contributed by atoms with Crippen LogP contribution in [0, 0.1) is 5.41 Å². The van der Waals surface area contributed by atoms with E-state index in [9.17, 15) is 14.4 Å². The van der Waals surface area contributed by atoms with Gasteiger partial charge in [-0.3, -0.25) is 14.4 Å². The van der Waals surface area contributed by atoms with Gasteiger partial charge in [0.05, 0.1) is 12.6 Å². The Hall–Kier alpha value is -1.08. The molecule has 2 N–H and O–H groups in total. The first-order valence-corrected chi connectivity index (χ1v) is 22.5. The smallest absolute Gasteiger partial charge is 0.306 e. The van der Waals surface area contributed by atoms with E-state index in [1.165, 1.54) is 147 Å². The number of ether oxygens (including phenoxy) is 2. The highest BCUT2D eigenvalue weighted by Crippen LogP contribution is 2.20. The van der Waals surface area contributed by atoms with Crippen LogP contribution in [-0.4, -0.2) is 48.0 Å². The standard InChI is InChI=1S/C43H83NO5S/c1-6-8-10-12-14-16-18-20-22-24-26-28-30-32-40(45)48-35-34-38(36-50-37-39(44)42(47)43(3,4)5)49-41(46)33-31-29-27-25-23-21-19-17-15-13-11-9-7-2/h38-39H,6-37,44H2,1-5H3/t38?,39-/m0/s1. The van der Waals surface area contributed by atoms with Crippen LogP contribution in [0.3, 0.4) is 0 Å². The maximum Gasteiger partial charge on any atom is 0.306 e. The number of rotatable bonds is 37. The Bertz CT molecular complexity index is 799. The van der Waals surface area contributed by atoms with Gasteiger partial charge in [-0.25, -0.2) is 0 Å². The lowest BCUT2D eigenvalue weighted by atomic mass is 9.87. The highest BCUT2D eigenvalue weighted by atomic mass is 32.2. The maximum atomic E-state index is 12.7. The number of Topliss-reactive ketones (excluding diaryl/α,β-unsaturated/α-hetero) is 1. The molecule has 50 heavy (non-hydrogen) atoms. The molecule has 0 saturated heterocycles. The number of esters is 2. The minimum Gasteiger partial charge on any atom is -0.466 e. The van der Waals surface area contributed by atoms with E-state index in [0.717, 1.165) is 32.1 Å². The molecule has 0 rings (SSSR count). The summed E-state index contributed by atoms with van der Waals surface area (Å²) in [5.74, 6) is 0.680. The van der Waals surface area contributed by atoms with Crippen LogP contribution >= 0.6 is 11.8 Å². The maximum absolute atomic E-state index is 12.7. The Balaban J connectivity index is 4.26. The van der Waals surface area contributed by atoms with Crippen LogP contribution in [0.1, 0.15) is 221 Å². The van der Waals surface area contributed by atoms with Crippen molar-refractivity contribution in [3.63, 3.8) is 0 Å². The highest BCUT2D eigenvalue weighted by molar-refractivity contribution is 7.99. The molecule has 0 aliphatic rings. The van der Waals surface area contributed by atoms with E-state index in [1.807, 2.05) is 20.8 Å². The molecule has 0 aromatic rings. The summed E-state index contributed by atoms with van der Waals surface area (Å²) >= 11 is 1.53. The van der Waals surface area contributed by atoms with Gasteiger partial charge in [0.15, 0.2) is 5.78 Å². The van der Waals surface area contributed by atoms with E-state index in [0.29, 0.717) is 30.8 Å². The van der Waals surface area contributed by atoms with E-state index in [-0.39, 0.29) is 30.4 Å². The molecule has 2 atom stereocenters. The van der Waals surface area contributed by atoms with Crippen LogP contribution in [0.15, 0.2) is 0 Å². The first kappa shape index (κ1) is 48.9. The number of nitrogens with two attached hydrogens (primary N) is 1. The van der Waals surface area contributed by atoms with Crippen molar-refractivity contribution in [2.45, 2.75) is 233 Å². The molecule has 296 valence electrons. The van der Waals surface area contributed by atoms with Crippen molar-refractivity contribution in [1.82, 2.24) is 0 Å². The molecule has 0 spiro atoms. The number of unbranched alkanes of at least 4 members (excludes halogenated alkanes) is 24. The fourth-order valence-electron chi connectivity index (χ4n) is 6.33. The quantitative estimate of drug-likeness (QED) is 0.0503. The Labute approximate surface area is 314 Å². The summed E-state index contributed by atoms with van der Waals surface area (Å²) in [6, 6.07) is -0.555. The number of hydrogen-bond donors (Lipinski definition) is 1. The molecule has 0 bridgehead atoms. The largest absolute Gasteiger partial charge is 0.466 e. The summed E-state index contributed by atoms with van der Waals surface area (Å²) in [6.07, 6.45) is 34.0. The van der Waals surface area contributed by atoms with Crippen LogP contribution in [0.2, 0.25) is 0 Å². The Morgan fingerprint density at radius 2 is 0.900 bits per heavy atom. The summed E-state index contributed by atoms with van der Waals surface area (Å²) in [5, 5.41) is 0. The lowest BCUT2D eigenvalue weighted by Crippen LogP contribution is -2.41. The minimum atomic E-state index is -0.555. The van der Waals surface area contributed by atoms with Gasteiger partial charge in [-0.05, 0) is 12.8 Å². The highest BCUT2D eigenvalue weighted by Gasteiger charge is 2.27. The van der Waals surface area contributed by atoms with E-state index in [4.69, 9.17) is 15.2 Å².